The van der Waals surface area contributed by atoms with Gasteiger partial charge in [0.25, 0.3) is 0 Å². The highest BCUT2D eigenvalue weighted by Crippen LogP contribution is 2.31. The van der Waals surface area contributed by atoms with E-state index in [9.17, 15) is 5.11 Å². The maximum atomic E-state index is 10.5. The first-order valence-electron chi connectivity index (χ1n) is 11.3. The van der Waals surface area contributed by atoms with E-state index in [4.69, 9.17) is 9.47 Å². The van der Waals surface area contributed by atoms with Crippen LogP contribution in [-0.4, -0.2) is 55.1 Å². The first-order chi connectivity index (χ1) is 13.7. The molecule has 5 nitrogen and oxygen atoms in total. The van der Waals surface area contributed by atoms with Crippen LogP contribution in [0.5, 0.6) is 11.5 Å². The van der Waals surface area contributed by atoms with Crippen molar-refractivity contribution in [2.75, 3.05) is 32.8 Å². The van der Waals surface area contributed by atoms with Gasteiger partial charge < -0.3 is 19.5 Å². The summed E-state index contributed by atoms with van der Waals surface area (Å²) in [6.07, 6.45) is 10.0. The normalized spacial score (nSPS) is 18.9. The number of rotatable bonds is 12. The fourth-order valence-corrected chi connectivity index (χ4v) is 4.25. The van der Waals surface area contributed by atoms with Crippen molar-refractivity contribution >= 4 is 0 Å². The van der Waals surface area contributed by atoms with Crippen LogP contribution in [0, 0.1) is 0 Å². The Kier molecular flexibility index (Phi) is 8.90. The van der Waals surface area contributed by atoms with Gasteiger partial charge in [-0.15, -0.1) is 0 Å². The van der Waals surface area contributed by atoms with Crippen molar-refractivity contribution in [3.63, 3.8) is 0 Å². The smallest absolute Gasteiger partial charge is 0.161 e. The third-order valence-electron chi connectivity index (χ3n) is 5.78. The second-order valence-corrected chi connectivity index (χ2v) is 8.27. The summed E-state index contributed by atoms with van der Waals surface area (Å²) in [5, 5.41) is 14.1. The number of hydrogen-bond acceptors (Lipinski definition) is 5. The van der Waals surface area contributed by atoms with Gasteiger partial charge in [-0.3, -0.25) is 5.32 Å². The summed E-state index contributed by atoms with van der Waals surface area (Å²) in [5.74, 6) is 1.69. The van der Waals surface area contributed by atoms with Crippen molar-refractivity contribution in [1.29, 1.82) is 0 Å². The number of hydrogen-bond donors (Lipinski definition) is 2. The summed E-state index contributed by atoms with van der Waals surface area (Å²) in [6.45, 7) is 6.80. The lowest BCUT2D eigenvalue weighted by Crippen LogP contribution is -2.46. The molecule has 2 atom stereocenters. The average molecular weight is 391 g/mol. The van der Waals surface area contributed by atoms with Gasteiger partial charge >= 0.3 is 0 Å². The molecule has 2 heterocycles. The number of aliphatic hydroxyl groups excluding tert-OH is 1. The minimum absolute atomic E-state index is 0.242. The molecule has 1 aromatic carbocycles. The second-order valence-electron chi connectivity index (χ2n) is 8.27. The number of likely N-dealkylation sites (tertiary alicyclic amines) is 1. The van der Waals surface area contributed by atoms with E-state index in [-0.39, 0.29) is 6.04 Å². The van der Waals surface area contributed by atoms with Crippen molar-refractivity contribution in [3.8, 4) is 11.5 Å². The van der Waals surface area contributed by atoms with E-state index < -0.39 is 6.23 Å². The van der Waals surface area contributed by atoms with Crippen LogP contribution in [0.3, 0.4) is 0 Å². The molecule has 0 aliphatic carbocycles. The molecule has 0 radical (unpaired) electrons. The number of aliphatic hydroxyl groups is 1. The molecule has 0 amide bonds. The van der Waals surface area contributed by atoms with Crippen LogP contribution >= 0.6 is 0 Å². The standard InChI is InChI=1S/C23H38N2O3/c1-2-3-4-5-6-9-23(26)24-20(18-25-12-7-8-13-25)16-19-10-11-21-22(17-19)28-15-14-27-21/h10-11,17,20,23-24,26H,2-9,12-16,18H2,1H3/t20-,23?/m0/s1. The zero-order valence-corrected chi connectivity index (χ0v) is 17.5. The highest BCUT2D eigenvalue weighted by molar-refractivity contribution is 5.44. The zero-order chi connectivity index (χ0) is 19.6. The Hall–Kier alpha value is -1.30. The summed E-state index contributed by atoms with van der Waals surface area (Å²) in [7, 11) is 0. The van der Waals surface area contributed by atoms with Gasteiger partial charge in [0, 0.05) is 12.6 Å². The summed E-state index contributed by atoms with van der Waals surface area (Å²) < 4.78 is 11.4. The van der Waals surface area contributed by atoms with Crippen molar-refractivity contribution in [1.82, 2.24) is 10.2 Å². The van der Waals surface area contributed by atoms with E-state index in [0.29, 0.717) is 13.2 Å². The van der Waals surface area contributed by atoms with Crippen LogP contribution in [0.25, 0.3) is 0 Å². The maximum Gasteiger partial charge on any atom is 0.161 e. The van der Waals surface area contributed by atoms with Gasteiger partial charge in [-0.1, -0.05) is 38.7 Å². The predicted molar refractivity (Wildman–Crippen MR) is 113 cm³/mol. The van der Waals surface area contributed by atoms with E-state index in [1.807, 2.05) is 6.07 Å². The number of nitrogens with one attached hydrogen (secondary N) is 1. The van der Waals surface area contributed by atoms with Crippen LogP contribution < -0.4 is 14.8 Å². The molecule has 2 aliphatic heterocycles. The molecule has 1 aromatic rings. The largest absolute Gasteiger partial charge is 0.486 e. The van der Waals surface area contributed by atoms with Gasteiger partial charge in [0.15, 0.2) is 11.5 Å². The first kappa shape index (κ1) is 21.4. The van der Waals surface area contributed by atoms with E-state index in [1.165, 1.54) is 57.2 Å². The Labute approximate surface area is 170 Å². The fourth-order valence-electron chi connectivity index (χ4n) is 4.25. The van der Waals surface area contributed by atoms with Gasteiger partial charge in [-0.25, -0.2) is 0 Å². The average Bonchev–Trinajstić information content (AvgIpc) is 3.20. The minimum atomic E-state index is -0.425. The third kappa shape index (κ3) is 6.94. The Morgan fingerprint density at radius 1 is 1.04 bits per heavy atom. The van der Waals surface area contributed by atoms with E-state index >= 15 is 0 Å². The topological polar surface area (TPSA) is 54.0 Å². The molecular formula is C23H38N2O3. The lowest BCUT2D eigenvalue weighted by atomic mass is 10.0. The van der Waals surface area contributed by atoms with Crippen LogP contribution in [-0.2, 0) is 6.42 Å². The Morgan fingerprint density at radius 2 is 1.79 bits per heavy atom. The molecule has 3 rings (SSSR count). The molecule has 158 valence electrons. The summed E-state index contributed by atoms with van der Waals surface area (Å²) in [6, 6.07) is 6.49. The maximum absolute atomic E-state index is 10.5. The summed E-state index contributed by atoms with van der Waals surface area (Å²) in [5.41, 5.74) is 1.23. The summed E-state index contributed by atoms with van der Waals surface area (Å²) in [4.78, 5) is 2.52. The molecule has 28 heavy (non-hydrogen) atoms. The number of nitrogens with zero attached hydrogens (tertiary/aromatic N) is 1. The Morgan fingerprint density at radius 3 is 2.57 bits per heavy atom. The zero-order valence-electron chi connectivity index (χ0n) is 17.5. The van der Waals surface area contributed by atoms with E-state index in [1.54, 1.807) is 0 Å². The van der Waals surface area contributed by atoms with Crippen LogP contribution in [0.15, 0.2) is 18.2 Å². The van der Waals surface area contributed by atoms with Crippen molar-refractivity contribution in [2.45, 2.75) is 77.0 Å². The number of benzene rings is 1. The molecular weight excluding hydrogens is 352 g/mol. The number of unbranched alkanes of at least 4 members (excludes halogenated alkanes) is 4. The molecule has 1 unspecified atom stereocenters. The van der Waals surface area contributed by atoms with Gasteiger partial charge in [0.1, 0.15) is 19.4 Å². The molecule has 2 N–H and O–H groups in total. The molecule has 2 aliphatic rings. The van der Waals surface area contributed by atoms with E-state index in [2.05, 4.69) is 29.3 Å². The van der Waals surface area contributed by atoms with Crippen molar-refractivity contribution in [2.24, 2.45) is 0 Å². The lowest BCUT2D eigenvalue weighted by Gasteiger charge is -2.27. The van der Waals surface area contributed by atoms with E-state index in [0.717, 1.165) is 37.3 Å². The van der Waals surface area contributed by atoms with Gasteiger partial charge in [-0.05, 0) is 62.9 Å². The molecule has 0 aromatic heterocycles. The Balaban J connectivity index is 1.53. The van der Waals surface area contributed by atoms with Crippen molar-refractivity contribution < 1.29 is 14.6 Å². The van der Waals surface area contributed by atoms with Crippen LogP contribution in [0.2, 0.25) is 0 Å². The molecule has 0 spiro atoms. The highest BCUT2D eigenvalue weighted by atomic mass is 16.6. The van der Waals surface area contributed by atoms with Gasteiger partial charge in [0.05, 0.1) is 0 Å². The third-order valence-corrected chi connectivity index (χ3v) is 5.78. The van der Waals surface area contributed by atoms with Crippen molar-refractivity contribution in [3.05, 3.63) is 23.8 Å². The predicted octanol–water partition coefficient (Wildman–Crippen LogP) is 3.73. The monoisotopic (exact) mass is 390 g/mol. The Bertz CT molecular complexity index is 575. The van der Waals surface area contributed by atoms with Crippen LogP contribution in [0.1, 0.15) is 63.9 Å². The SMILES string of the molecule is CCCCCCCC(O)N[C@@H](Cc1ccc2c(c1)OCCO2)CN1CCCC1. The molecule has 0 saturated carbocycles. The second kappa shape index (κ2) is 11.6. The fraction of sp³-hybridized carbons (Fsp3) is 0.739. The minimum Gasteiger partial charge on any atom is -0.486 e. The number of fused-ring (bicyclic) bond motifs is 1. The first-order valence-corrected chi connectivity index (χ1v) is 11.3. The quantitative estimate of drug-likeness (QED) is 0.421. The highest BCUT2D eigenvalue weighted by Gasteiger charge is 2.21. The summed E-state index contributed by atoms with van der Waals surface area (Å²) >= 11 is 0. The molecule has 5 heteroatoms. The van der Waals surface area contributed by atoms with Gasteiger partial charge in [0.2, 0.25) is 0 Å². The lowest BCUT2D eigenvalue weighted by molar-refractivity contribution is 0.101. The van der Waals surface area contributed by atoms with Gasteiger partial charge in [-0.2, -0.15) is 0 Å². The molecule has 1 saturated heterocycles. The molecule has 1 fully saturated rings. The van der Waals surface area contributed by atoms with Crippen LogP contribution in [0.4, 0.5) is 0 Å². The number of ether oxygens (including phenoxy) is 2. The molecule has 0 bridgehead atoms.